The lowest BCUT2D eigenvalue weighted by molar-refractivity contribution is 0.0900. The smallest absolute Gasteiger partial charge is 0.251 e. The molecule has 0 spiro atoms. The minimum atomic E-state index is 0.0432. The molecule has 0 atom stereocenters. The zero-order chi connectivity index (χ0) is 15.4. The fourth-order valence-corrected chi connectivity index (χ4v) is 2.75. The Morgan fingerprint density at radius 3 is 2.52 bits per heavy atom. The van der Waals surface area contributed by atoms with E-state index in [0.717, 1.165) is 37.2 Å². The third-order valence-electron chi connectivity index (χ3n) is 4.22. The van der Waals surface area contributed by atoms with Crippen LogP contribution in [-0.2, 0) is 0 Å². The monoisotopic (exact) mass is 289 g/mol. The molecule has 0 aliphatic carbocycles. The molecule has 0 unspecified atom stereocenters. The molecule has 1 aromatic carbocycles. The van der Waals surface area contributed by atoms with Gasteiger partial charge in [-0.25, -0.2) is 0 Å². The van der Waals surface area contributed by atoms with Crippen LogP contribution in [0.15, 0.2) is 24.3 Å². The lowest BCUT2D eigenvalue weighted by Gasteiger charge is -2.34. The Morgan fingerprint density at radius 1 is 1.29 bits per heavy atom. The SMILES string of the molecule is CC(C)N1CCC(NC(=O)c2cccc(N(C)C)c2)CC1. The largest absolute Gasteiger partial charge is 0.378 e. The molecule has 1 fully saturated rings. The molecule has 4 heteroatoms. The van der Waals surface area contributed by atoms with Crippen LogP contribution in [-0.4, -0.2) is 50.1 Å². The van der Waals surface area contributed by atoms with Crippen LogP contribution in [0.25, 0.3) is 0 Å². The normalized spacial score (nSPS) is 17.0. The molecule has 1 amide bonds. The van der Waals surface area contributed by atoms with Crippen LogP contribution in [0, 0.1) is 0 Å². The van der Waals surface area contributed by atoms with E-state index in [1.54, 1.807) is 0 Å². The van der Waals surface area contributed by atoms with E-state index >= 15 is 0 Å². The number of anilines is 1. The Kier molecular flexibility index (Phi) is 5.23. The zero-order valence-corrected chi connectivity index (χ0v) is 13.6. The molecule has 4 nitrogen and oxygen atoms in total. The van der Waals surface area contributed by atoms with Crippen molar-refractivity contribution in [1.82, 2.24) is 10.2 Å². The summed E-state index contributed by atoms with van der Waals surface area (Å²) in [6.07, 6.45) is 2.08. The Bertz CT molecular complexity index is 477. The van der Waals surface area contributed by atoms with Gasteiger partial charge in [0.1, 0.15) is 0 Å². The summed E-state index contributed by atoms with van der Waals surface area (Å²) in [7, 11) is 3.97. The van der Waals surface area contributed by atoms with Crippen LogP contribution in [0.3, 0.4) is 0 Å². The molecule has 1 aliphatic heterocycles. The van der Waals surface area contributed by atoms with E-state index in [1.807, 2.05) is 43.3 Å². The Balaban J connectivity index is 1.92. The van der Waals surface area contributed by atoms with Crippen molar-refractivity contribution < 1.29 is 4.79 Å². The summed E-state index contributed by atoms with van der Waals surface area (Å²) in [4.78, 5) is 16.8. The number of hydrogen-bond acceptors (Lipinski definition) is 3. The first-order valence-electron chi connectivity index (χ1n) is 7.79. The molecule has 1 aromatic rings. The molecule has 116 valence electrons. The van der Waals surface area contributed by atoms with E-state index in [-0.39, 0.29) is 5.91 Å². The molecule has 1 heterocycles. The second-order valence-electron chi connectivity index (χ2n) is 6.32. The van der Waals surface area contributed by atoms with Crippen LogP contribution in [0.5, 0.6) is 0 Å². The highest BCUT2D eigenvalue weighted by Crippen LogP contribution is 2.16. The quantitative estimate of drug-likeness (QED) is 0.924. The summed E-state index contributed by atoms with van der Waals surface area (Å²) in [5.41, 5.74) is 1.80. The maximum Gasteiger partial charge on any atom is 0.251 e. The van der Waals surface area contributed by atoms with Gasteiger partial charge in [0.15, 0.2) is 0 Å². The van der Waals surface area contributed by atoms with E-state index < -0.39 is 0 Å². The zero-order valence-electron chi connectivity index (χ0n) is 13.6. The molecule has 0 saturated carbocycles. The molecular weight excluding hydrogens is 262 g/mol. The summed E-state index contributed by atoms with van der Waals surface area (Å²) in [6, 6.07) is 8.67. The molecular formula is C17H27N3O. The minimum absolute atomic E-state index is 0.0432. The third kappa shape index (κ3) is 4.21. The number of amides is 1. The number of nitrogens with one attached hydrogen (secondary N) is 1. The van der Waals surface area contributed by atoms with Crippen LogP contribution in [0.4, 0.5) is 5.69 Å². The predicted molar refractivity (Wildman–Crippen MR) is 88.0 cm³/mol. The number of likely N-dealkylation sites (tertiary alicyclic amines) is 1. The van der Waals surface area contributed by atoms with Gasteiger partial charge in [0.25, 0.3) is 5.91 Å². The van der Waals surface area contributed by atoms with Crippen molar-refractivity contribution >= 4 is 11.6 Å². The van der Waals surface area contributed by atoms with Crippen LogP contribution in [0.1, 0.15) is 37.0 Å². The van der Waals surface area contributed by atoms with Gasteiger partial charge in [0.05, 0.1) is 0 Å². The number of carbonyl (C=O) groups is 1. The summed E-state index contributed by atoms with van der Waals surface area (Å²) in [6.45, 7) is 6.60. The summed E-state index contributed by atoms with van der Waals surface area (Å²) in [5, 5.41) is 3.18. The second kappa shape index (κ2) is 6.94. The van der Waals surface area contributed by atoms with Gasteiger partial charge in [-0.15, -0.1) is 0 Å². The third-order valence-corrected chi connectivity index (χ3v) is 4.22. The Morgan fingerprint density at radius 2 is 1.95 bits per heavy atom. The average Bonchev–Trinajstić information content (AvgIpc) is 2.48. The van der Waals surface area contributed by atoms with Crippen molar-refractivity contribution in [3.8, 4) is 0 Å². The number of rotatable bonds is 4. The lowest BCUT2D eigenvalue weighted by Crippen LogP contribution is -2.46. The van der Waals surface area contributed by atoms with Crippen molar-refractivity contribution in [2.24, 2.45) is 0 Å². The Hall–Kier alpha value is -1.55. The summed E-state index contributed by atoms with van der Waals surface area (Å²) in [5.74, 6) is 0.0432. The van der Waals surface area contributed by atoms with Crippen molar-refractivity contribution in [3.05, 3.63) is 29.8 Å². The molecule has 0 radical (unpaired) electrons. The van der Waals surface area contributed by atoms with Crippen LogP contribution in [0.2, 0.25) is 0 Å². The molecule has 1 N–H and O–H groups in total. The van der Waals surface area contributed by atoms with Gasteiger partial charge < -0.3 is 15.1 Å². The summed E-state index contributed by atoms with van der Waals surface area (Å²) >= 11 is 0. The van der Waals surface area contributed by atoms with Crippen molar-refractivity contribution in [2.45, 2.75) is 38.8 Å². The van der Waals surface area contributed by atoms with Gasteiger partial charge >= 0.3 is 0 Å². The first-order valence-corrected chi connectivity index (χ1v) is 7.79. The Labute approximate surface area is 128 Å². The van der Waals surface area contributed by atoms with Gasteiger partial charge in [-0.1, -0.05) is 6.07 Å². The predicted octanol–water partition coefficient (Wildman–Crippen LogP) is 2.36. The molecule has 1 aliphatic rings. The minimum Gasteiger partial charge on any atom is -0.378 e. The molecule has 21 heavy (non-hydrogen) atoms. The van der Waals surface area contributed by atoms with Gasteiger partial charge in [-0.2, -0.15) is 0 Å². The first kappa shape index (κ1) is 15.8. The van der Waals surface area contributed by atoms with Crippen molar-refractivity contribution in [1.29, 1.82) is 0 Å². The highest BCUT2D eigenvalue weighted by molar-refractivity contribution is 5.95. The first-order chi connectivity index (χ1) is 9.97. The number of carbonyl (C=O) groups excluding carboxylic acids is 1. The van der Waals surface area contributed by atoms with Gasteiger partial charge in [0.2, 0.25) is 0 Å². The topological polar surface area (TPSA) is 35.6 Å². The number of piperidine rings is 1. The van der Waals surface area contributed by atoms with Crippen molar-refractivity contribution in [2.75, 3.05) is 32.1 Å². The maximum atomic E-state index is 12.4. The van der Waals surface area contributed by atoms with E-state index in [1.165, 1.54) is 0 Å². The van der Waals surface area contributed by atoms with Crippen LogP contribution < -0.4 is 10.2 Å². The fourth-order valence-electron chi connectivity index (χ4n) is 2.75. The number of benzene rings is 1. The lowest BCUT2D eigenvalue weighted by atomic mass is 10.0. The molecule has 0 bridgehead atoms. The molecule has 1 saturated heterocycles. The molecule has 0 aromatic heterocycles. The average molecular weight is 289 g/mol. The second-order valence-corrected chi connectivity index (χ2v) is 6.32. The number of hydrogen-bond donors (Lipinski definition) is 1. The van der Waals surface area contributed by atoms with E-state index in [4.69, 9.17) is 0 Å². The van der Waals surface area contributed by atoms with E-state index in [2.05, 4.69) is 24.1 Å². The fraction of sp³-hybridized carbons (Fsp3) is 0.588. The highest BCUT2D eigenvalue weighted by atomic mass is 16.1. The van der Waals surface area contributed by atoms with E-state index in [0.29, 0.717) is 12.1 Å². The molecule has 2 rings (SSSR count). The van der Waals surface area contributed by atoms with Crippen molar-refractivity contribution in [3.63, 3.8) is 0 Å². The summed E-state index contributed by atoms with van der Waals surface area (Å²) < 4.78 is 0. The standard InChI is InChI=1S/C17H27N3O/c1-13(2)20-10-8-15(9-11-20)18-17(21)14-6-5-7-16(12-14)19(3)4/h5-7,12-13,15H,8-11H2,1-4H3,(H,18,21). The number of nitrogens with zero attached hydrogens (tertiary/aromatic N) is 2. The van der Waals surface area contributed by atoms with E-state index in [9.17, 15) is 4.79 Å². The van der Waals surface area contributed by atoms with Gasteiger partial charge in [-0.05, 0) is 44.9 Å². The van der Waals surface area contributed by atoms with Gasteiger partial charge in [-0.3, -0.25) is 4.79 Å². The van der Waals surface area contributed by atoms with Crippen LogP contribution >= 0.6 is 0 Å². The highest BCUT2D eigenvalue weighted by Gasteiger charge is 2.22. The maximum absolute atomic E-state index is 12.4. The van der Waals surface area contributed by atoms with Gasteiger partial charge in [0, 0.05) is 50.5 Å².